The second-order valence-electron chi connectivity index (χ2n) is 7.47. The maximum atomic E-state index is 11.9. The molecule has 35 heavy (non-hydrogen) atoms. The number of carbonyl (C=O) groups excluding carboxylic acids is 3. The molecule has 184 valence electrons. The first kappa shape index (κ1) is 24.0. The van der Waals surface area contributed by atoms with Gasteiger partial charge in [0, 0.05) is 12.5 Å². The Hall–Kier alpha value is -4.10. The zero-order valence-electron chi connectivity index (χ0n) is 19.1. The number of hydrogen-bond donors (Lipinski definition) is 2. The summed E-state index contributed by atoms with van der Waals surface area (Å²) in [5.74, 6) is 5.15. The van der Waals surface area contributed by atoms with Gasteiger partial charge in [-0.15, -0.1) is 0 Å². The van der Waals surface area contributed by atoms with Crippen LogP contribution in [0.3, 0.4) is 0 Å². The van der Waals surface area contributed by atoms with Gasteiger partial charge in [0.05, 0.1) is 25.1 Å². The smallest absolute Gasteiger partial charge is 0.442 e. The number of benzene rings is 1. The molecule has 1 atom stereocenters. The third-order valence-corrected chi connectivity index (χ3v) is 7.10. The molecule has 1 aromatic carbocycles. The number of ether oxygens (including phenoxy) is 1. The summed E-state index contributed by atoms with van der Waals surface area (Å²) < 4.78 is 21.6. The maximum Gasteiger partial charge on any atom is 0.442 e. The normalized spacial score (nSPS) is 18.1. The summed E-state index contributed by atoms with van der Waals surface area (Å²) in [7, 11) is -1.46. The number of carbonyl (C=O) groups is 3. The van der Waals surface area contributed by atoms with E-state index in [1.807, 2.05) is 31.2 Å². The summed E-state index contributed by atoms with van der Waals surface area (Å²) in [6.07, 6.45) is 1.30. The van der Waals surface area contributed by atoms with E-state index in [0.29, 0.717) is 17.3 Å². The van der Waals surface area contributed by atoms with E-state index >= 15 is 0 Å². The number of hydrogen-bond acceptors (Lipinski definition) is 10. The lowest BCUT2D eigenvalue weighted by Crippen LogP contribution is -2.33. The first-order valence-corrected chi connectivity index (χ1v) is 11.9. The number of amides is 1. The van der Waals surface area contributed by atoms with Crippen molar-refractivity contribution < 1.29 is 31.9 Å². The Morgan fingerprint density at radius 3 is 2.66 bits per heavy atom. The number of hydrazine groups is 1. The summed E-state index contributed by atoms with van der Waals surface area (Å²) in [6.45, 7) is 3.42. The summed E-state index contributed by atoms with van der Waals surface area (Å²) in [5, 5.41) is 5.30. The van der Waals surface area contributed by atoms with Crippen LogP contribution in [-0.2, 0) is 29.3 Å². The van der Waals surface area contributed by atoms with Crippen molar-refractivity contribution in [2.24, 2.45) is 15.8 Å². The molecule has 4 rings (SSSR count). The molecule has 1 amide bonds. The quantitative estimate of drug-likeness (QED) is 0.191. The molecule has 3 N–H and O–H groups in total. The van der Waals surface area contributed by atoms with Crippen LogP contribution in [0.4, 0.5) is 0 Å². The highest BCUT2D eigenvalue weighted by atomic mass is 32.3. The SMILES string of the molecule is COc1ccccc1C(C)N(N)/C=N/C1=NC(c2ccc(CNC(C)=O)o2)=CS12OC(=O)C(=O)O2. The van der Waals surface area contributed by atoms with Crippen molar-refractivity contribution in [1.29, 1.82) is 0 Å². The largest absolute Gasteiger partial charge is 0.496 e. The minimum absolute atomic E-state index is 0.0470. The van der Waals surface area contributed by atoms with E-state index in [9.17, 15) is 14.4 Å². The third kappa shape index (κ3) is 4.90. The molecule has 3 heterocycles. The number of nitrogens with zero attached hydrogens (tertiary/aromatic N) is 3. The molecule has 1 unspecified atom stereocenters. The fourth-order valence-corrected chi connectivity index (χ4v) is 5.10. The molecule has 12 nitrogen and oxygen atoms in total. The van der Waals surface area contributed by atoms with Gasteiger partial charge in [-0.25, -0.2) is 25.4 Å². The summed E-state index contributed by atoms with van der Waals surface area (Å²) in [4.78, 5) is 43.5. The van der Waals surface area contributed by atoms with Gasteiger partial charge in [-0.2, -0.15) is 0 Å². The van der Waals surface area contributed by atoms with Crippen LogP contribution in [0.1, 0.15) is 37.0 Å². The highest BCUT2D eigenvalue weighted by Crippen LogP contribution is 2.62. The highest BCUT2D eigenvalue weighted by Gasteiger charge is 2.48. The van der Waals surface area contributed by atoms with Crippen LogP contribution in [0, 0.1) is 0 Å². The van der Waals surface area contributed by atoms with Crippen molar-refractivity contribution in [3.63, 3.8) is 0 Å². The standard InChI is InChI=1S/C22H23N5O7S/c1-13(16-6-4-5-7-18(16)31-3)27(23)12-25-22-26-17(11-35(22)33-20(29)21(30)34-35)19-9-8-15(32-19)10-24-14(2)28/h4-9,11-13H,10,23H2,1-3H3,(H,24,28)/b25-12+. The molecule has 13 heteroatoms. The fourth-order valence-electron chi connectivity index (χ4n) is 3.25. The first-order chi connectivity index (χ1) is 16.7. The van der Waals surface area contributed by atoms with Crippen molar-refractivity contribution in [3.8, 4) is 5.75 Å². The average Bonchev–Trinajstić information content (AvgIpc) is 3.52. The average molecular weight is 502 g/mol. The fraction of sp³-hybridized carbons (Fsp3) is 0.227. The number of para-hydroxylation sites is 1. The first-order valence-electron chi connectivity index (χ1n) is 10.4. The van der Waals surface area contributed by atoms with E-state index in [-0.39, 0.29) is 29.4 Å². The Morgan fingerprint density at radius 1 is 1.26 bits per heavy atom. The van der Waals surface area contributed by atoms with Gasteiger partial charge in [-0.05, 0) is 35.7 Å². The predicted octanol–water partition coefficient (Wildman–Crippen LogP) is 2.29. The van der Waals surface area contributed by atoms with Gasteiger partial charge >= 0.3 is 11.9 Å². The Balaban J connectivity index is 1.60. The zero-order chi connectivity index (χ0) is 25.2. The Labute approximate surface area is 202 Å². The Bertz CT molecular complexity index is 1250. The molecule has 0 bridgehead atoms. The summed E-state index contributed by atoms with van der Waals surface area (Å²) in [5.41, 5.74) is 1.07. The van der Waals surface area contributed by atoms with Crippen LogP contribution < -0.4 is 15.9 Å². The van der Waals surface area contributed by atoms with Crippen LogP contribution >= 0.6 is 10.6 Å². The van der Waals surface area contributed by atoms with Gasteiger partial charge in [0.2, 0.25) is 5.91 Å². The minimum Gasteiger partial charge on any atom is -0.496 e. The van der Waals surface area contributed by atoms with E-state index in [0.717, 1.165) is 5.56 Å². The number of aliphatic imine (C=N–C) groups is 2. The third-order valence-electron chi connectivity index (χ3n) is 5.07. The number of nitrogens with two attached hydrogens (primary N) is 1. The van der Waals surface area contributed by atoms with Crippen LogP contribution in [-0.4, -0.2) is 41.5 Å². The molecule has 1 aromatic heterocycles. The topological polar surface area (TPSA) is 158 Å². The molecule has 1 fully saturated rings. The minimum atomic E-state index is -3.02. The van der Waals surface area contributed by atoms with Crippen molar-refractivity contribution in [3.05, 3.63) is 58.9 Å². The van der Waals surface area contributed by atoms with Gasteiger partial charge < -0.3 is 22.8 Å². The number of rotatable bonds is 7. The summed E-state index contributed by atoms with van der Waals surface area (Å²) >= 11 is 0. The Morgan fingerprint density at radius 2 is 1.97 bits per heavy atom. The lowest BCUT2D eigenvalue weighted by molar-refractivity contribution is -0.150. The van der Waals surface area contributed by atoms with Gasteiger partial charge in [0.1, 0.15) is 23.5 Å². The van der Waals surface area contributed by atoms with Crippen LogP contribution in [0.2, 0.25) is 0 Å². The van der Waals surface area contributed by atoms with Crippen LogP contribution in [0.15, 0.2) is 56.2 Å². The number of furan rings is 1. The van der Waals surface area contributed by atoms with Crippen molar-refractivity contribution >= 4 is 45.6 Å². The number of amidine groups is 1. The van der Waals surface area contributed by atoms with E-state index < -0.39 is 22.5 Å². The molecule has 2 aliphatic heterocycles. The monoisotopic (exact) mass is 501 g/mol. The molecule has 2 aliphatic rings. The molecule has 0 aliphatic carbocycles. The van der Waals surface area contributed by atoms with Gasteiger partial charge in [-0.3, -0.25) is 9.80 Å². The van der Waals surface area contributed by atoms with Crippen LogP contribution in [0.5, 0.6) is 5.75 Å². The van der Waals surface area contributed by atoms with Crippen LogP contribution in [0.25, 0.3) is 5.70 Å². The van der Waals surface area contributed by atoms with E-state index in [4.69, 9.17) is 23.4 Å². The molecule has 0 radical (unpaired) electrons. The Kier molecular flexibility index (Phi) is 6.62. The highest BCUT2D eigenvalue weighted by molar-refractivity contribution is 8.41. The second kappa shape index (κ2) is 9.64. The van der Waals surface area contributed by atoms with Crippen molar-refractivity contribution in [2.75, 3.05) is 7.11 Å². The van der Waals surface area contributed by atoms with E-state index in [1.54, 1.807) is 19.2 Å². The maximum absolute atomic E-state index is 11.9. The molecular formula is C22H23N5O7S. The lowest BCUT2D eigenvalue weighted by atomic mass is 10.1. The molecular weight excluding hydrogens is 478 g/mol. The zero-order valence-corrected chi connectivity index (χ0v) is 19.9. The van der Waals surface area contributed by atoms with E-state index in [1.165, 1.54) is 23.7 Å². The van der Waals surface area contributed by atoms with Gasteiger partial charge in [-0.1, -0.05) is 18.2 Å². The summed E-state index contributed by atoms with van der Waals surface area (Å²) in [6, 6.07) is 10.3. The van der Waals surface area contributed by atoms with Crippen molar-refractivity contribution in [1.82, 2.24) is 10.3 Å². The second-order valence-corrected chi connectivity index (χ2v) is 9.49. The van der Waals surface area contributed by atoms with Gasteiger partial charge in [0.25, 0.3) is 5.17 Å². The molecule has 0 saturated carbocycles. The molecule has 1 spiro atoms. The number of methoxy groups -OCH3 is 1. The number of nitrogens with one attached hydrogen (secondary N) is 1. The van der Waals surface area contributed by atoms with E-state index in [2.05, 4.69) is 15.3 Å². The lowest BCUT2D eigenvalue weighted by Gasteiger charge is -2.27. The van der Waals surface area contributed by atoms with Gasteiger partial charge in [0.15, 0.2) is 5.76 Å². The van der Waals surface area contributed by atoms with Crippen molar-refractivity contribution in [2.45, 2.75) is 26.4 Å². The molecule has 1 saturated heterocycles. The molecule has 2 aromatic rings. The predicted molar refractivity (Wildman–Crippen MR) is 127 cm³/mol.